The van der Waals surface area contributed by atoms with Gasteiger partial charge < -0.3 is 44.7 Å². The molecule has 52 heavy (non-hydrogen) atoms. The third-order valence-electron chi connectivity index (χ3n) is 7.64. The van der Waals surface area contributed by atoms with Crippen molar-refractivity contribution in [2.24, 2.45) is 5.92 Å². The Balaban J connectivity index is 3.42. The van der Waals surface area contributed by atoms with Gasteiger partial charge in [-0.3, -0.25) is 14.4 Å². The number of unbranched alkanes of at least 4 members (excludes halogenated alkanes) is 7. The summed E-state index contributed by atoms with van der Waals surface area (Å²) in [5, 5.41) is 16.9. The molecule has 0 fully saturated rings. The van der Waals surface area contributed by atoms with E-state index in [1.54, 1.807) is 0 Å². The number of carbonyl (C=O) groups is 5. The fourth-order valence-electron chi connectivity index (χ4n) is 4.66. The van der Waals surface area contributed by atoms with E-state index in [4.69, 9.17) is 28.8 Å². The van der Waals surface area contributed by atoms with Gasteiger partial charge in [-0.25, -0.2) is 9.59 Å². The van der Waals surface area contributed by atoms with Crippen LogP contribution in [0.4, 0.5) is 0 Å². The molecule has 1 unspecified atom stereocenters. The van der Waals surface area contributed by atoms with Crippen LogP contribution in [0, 0.1) is 5.92 Å². The fourth-order valence-corrected chi connectivity index (χ4v) is 5.68. The molecule has 0 aliphatic carbocycles. The minimum Gasteiger partial charge on any atom is -0.480 e. The second kappa shape index (κ2) is 36.9. The molecule has 0 aromatic carbocycles. The van der Waals surface area contributed by atoms with Crippen LogP contribution in [0.5, 0.6) is 0 Å². The number of aliphatic carboxylic acids is 1. The van der Waals surface area contributed by atoms with Gasteiger partial charge in [-0.2, -0.15) is 11.8 Å². The van der Waals surface area contributed by atoms with Crippen molar-refractivity contribution in [1.29, 1.82) is 0 Å². The molecule has 0 spiro atoms. The predicted octanol–water partition coefficient (Wildman–Crippen LogP) is 4.27. The van der Waals surface area contributed by atoms with Crippen LogP contribution in [-0.2, 0) is 47.7 Å². The van der Waals surface area contributed by atoms with E-state index in [1.165, 1.54) is 6.42 Å². The van der Waals surface area contributed by atoms with Crippen LogP contribution < -0.4 is 16.0 Å². The fraction of sp³-hybridized carbons (Fsp3) is 0.865. The summed E-state index contributed by atoms with van der Waals surface area (Å²) >= 11 is 1.97. The van der Waals surface area contributed by atoms with Gasteiger partial charge in [-0.05, 0) is 62.4 Å². The second-order valence-corrected chi connectivity index (χ2v) is 14.1. The lowest BCUT2D eigenvalue weighted by Gasteiger charge is -2.20. The molecule has 0 rings (SSSR count). The molecule has 0 saturated carbocycles. The highest BCUT2D eigenvalue weighted by Gasteiger charge is 2.25. The highest BCUT2D eigenvalue weighted by atomic mass is 32.2. The number of carboxylic acid groups (broad SMARTS) is 1. The zero-order valence-electron chi connectivity index (χ0n) is 32.2. The molecule has 14 nitrogen and oxygen atoms in total. The molecule has 0 aromatic heterocycles. The van der Waals surface area contributed by atoms with Crippen LogP contribution in [0.3, 0.4) is 0 Å². The number of rotatable bonds is 38. The molecule has 3 amide bonds. The number of nitrogens with one attached hydrogen (secondary N) is 3. The standard InChI is InChI=1S/C37H69N3O11S/c1-4-5-22-51-37(46)36(31(2)3)40-33(42)17-10-7-6-8-12-27-52-28-13-9-11-16-32(41)38-18-14-20-47-23-25-49-26-24-48-21-15-19-39-34(43)29-50-30-35(44)45/h31,36H,4-30H2,1-3H3,(H,38,41)(H,39,43)(H,40,42)(H,44,45). The van der Waals surface area contributed by atoms with Crippen molar-refractivity contribution >= 4 is 41.4 Å². The van der Waals surface area contributed by atoms with Crippen molar-refractivity contribution in [3.63, 3.8) is 0 Å². The molecule has 1 atom stereocenters. The van der Waals surface area contributed by atoms with E-state index in [-0.39, 0.29) is 36.2 Å². The lowest BCUT2D eigenvalue weighted by Crippen LogP contribution is -2.45. The van der Waals surface area contributed by atoms with Crippen LogP contribution in [0.25, 0.3) is 0 Å². The Hall–Kier alpha value is -2.46. The second-order valence-electron chi connectivity index (χ2n) is 12.9. The Kier molecular flexibility index (Phi) is 35.1. The van der Waals surface area contributed by atoms with Crippen molar-refractivity contribution in [2.45, 2.75) is 117 Å². The average Bonchev–Trinajstić information content (AvgIpc) is 3.10. The molecule has 0 saturated heterocycles. The lowest BCUT2D eigenvalue weighted by molar-refractivity contribution is -0.149. The predicted molar refractivity (Wildman–Crippen MR) is 202 cm³/mol. The molecule has 0 bridgehead atoms. The Morgan fingerprint density at radius 3 is 1.67 bits per heavy atom. The van der Waals surface area contributed by atoms with E-state index in [0.717, 1.165) is 75.7 Å². The number of amides is 3. The number of thioether (sulfide) groups is 1. The normalized spacial score (nSPS) is 11.7. The summed E-state index contributed by atoms with van der Waals surface area (Å²) in [5.41, 5.74) is 0. The van der Waals surface area contributed by atoms with Gasteiger partial charge >= 0.3 is 11.9 Å². The Morgan fingerprint density at radius 2 is 1.10 bits per heavy atom. The summed E-state index contributed by atoms with van der Waals surface area (Å²) in [6, 6.07) is -0.578. The number of ether oxygens (including phenoxy) is 5. The van der Waals surface area contributed by atoms with E-state index in [9.17, 15) is 24.0 Å². The molecule has 15 heteroatoms. The summed E-state index contributed by atoms with van der Waals surface area (Å²) < 4.78 is 26.4. The Labute approximate surface area is 316 Å². The first-order valence-electron chi connectivity index (χ1n) is 19.3. The maximum atomic E-state index is 12.3. The number of hydrogen-bond donors (Lipinski definition) is 4. The first-order chi connectivity index (χ1) is 25.2. The third-order valence-corrected chi connectivity index (χ3v) is 8.80. The monoisotopic (exact) mass is 763 g/mol. The molecular weight excluding hydrogens is 694 g/mol. The van der Waals surface area contributed by atoms with Gasteiger partial charge in [0.05, 0.1) is 33.0 Å². The molecule has 0 aliphatic rings. The molecule has 0 aromatic rings. The number of carbonyl (C=O) groups excluding carboxylic acids is 4. The Bertz CT molecular complexity index is 927. The van der Waals surface area contributed by atoms with Gasteiger partial charge in [-0.1, -0.05) is 52.9 Å². The Morgan fingerprint density at radius 1 is 0.577 bits per heavy atom. The zero-order chi connectivity index (χ0) is 38.5. The number of esters is 1. The molecular formula is C37H69N3O11S. The molecule has 304 valence electrons. The SMILES string of the molecule is CCCCOC(=O)C(NC(=O)CCCCCCCSCCCCCC(=O)NCCCOCCOCCOCCCNC(=O)COCC(=O)O)C(C)C. The maximum absolute atomic E-state index is 12.3. The van der Waals surface area contributed by atoms with Gasteiger partial charge in [0.1, 0.15) is 19.3 Å². The summed E-state index contributed by atoms with van der Waals surface area (Å²) in [7, 11) is 0. The summed E-state index contributed by atoms with van der Waals surface area (Å²) in [4.78, 5) is 58.3. The highest BCUT2D eigenvalue weighted by molar-refractivity contribution is 7.99. The summed E-state index contributed by atoms with van der Waals surface area (Å²) in [5.74, 6) is 0.447. The van der Waals surface area contributed by atoms with E-state index >= 15 is 0 Å². The van der Waals surface area contributed by atoms with Crippen molar-refractivity contribution in [3.8, 4) is 0 Å². The lowest BCUT2D eigenvalue weighted by atomic mass is 10.0. The minimum absolute atomic E-state index is 0.00598. The maximum Gasteiger partial charge on any atom is 0.329 e. The van der Waals surface area contributed by atoms with Crippen molar-refractivity contribution < 1.29 is 52.8 Å². The first kappa shape index (κ1) is 49.5. The van der Waals surface area contributed by atoms with Crippen LogP contribution in [0.1, 0.15) is 111 Å². The van der Waals surface area contributed by atoms with Crippen LogP contribution >= 0.6 is 11.8 Å². The van der Waals surface area contributed by atoms with Gasteiger partial charge in [-0.15, -0.1) is 0 Å². The van der Waals surface area contributed by atoms with Crippen molar-refractivity contribution in [1.82, 2.24) is 16.0 Å². The van der Waals surface area contributed by atoms with E-state index in [2.05, 4.69) is 16.0 Å². The van der Waals surface area contributed by atoms with Crippen molar-refractivity contribution in [2.75, 3.05) is 84.1 Å². The van der Waals surface area contributed by atoms with Crippen LogP contribution in [0.15, 0.2) is 0 Å². The third kappa shape index (κ3) is 34.6. The molecule has 0 radical (unpaired) electrons. The topological polar surface area (TPSA) is 188 Å². The quantitative estimate of drug-likeness (QED) is 0.0518. The van der Waals surface area contributed by atoms with Gasteiger partial charge in [0.15, 0.2) is 0 Å². The number of hydrogen-bond acceptors (Lipinski definition) is 11. The average molecular weight is 764 g/mol. The van der Waals surface area contributed by atoms with Crippen LogP contribution in [0.2, 0.25) is 0 Å². The van der Waals surface area contributed by atoms with E-state index in [0.29, 0.717) is 78.6 Å². The van der Waals surface area contributed by atoms with Gasteiger partial charge in [0, 0.05) is 39.1 Å². The summed E-state index contributed by atoms with van der Waals surface area (Å²) in [6.07, 6.45) is 12.5. The molecule has 0 heterocycles. The zero-order valence-corrected chi connectivity index (χ0v) is 33.0. The number of carboxylic acids is 1. The van der Waals surface area contributed by atoms with E-state index < -0.39 is 18.6 Å². The molecule has 4 N–H and O–H groups in total. The van der Waals surface area contributed by atoms with E-state index in [1.807, 2.05) is 32.5 Å². The molecule has 0 aliphatic heterocycles. The van der Waals surface area contributed by atoms with Gasteiger partial charge in [0.2, 0.25) is 17.7 Å². The van der Waals surface area contributed by atoms with Crippen molar-refractivity contribution in [3.05, 3.63) is 0 Å². The first-order valence-corrected chi connectivity index (χ1v) is 20.4. The minimum atomic E-state index is -1.12. The smallest absolute Gasteiger partial charge is 0.329 e. The van der Waals surface area contributed by atoms with Crippen LogP contribution in [-0.4, -0.2) is 125 Å². The largest absolute Gasteiger partial charge is 0.480 e. The highest BCUT2D eigenvalue weighted by Crippen LogP contribution is 2.13. The van der Waals surface area contributed by atoms with Gasteiger partial charge in [0.25, 0.3) is 0 Å². The summed E-state index contributed by atoms with van der Waals surface area (Å²) in [6.45, 7) is 9.36.